The predicted molar refractivity (Wildman–Crippen MR) is 57.7 cm³/mol. The lowest BCUT2D eigenvalue weighted by Gasteiger charge is -2.00. The third-order valence-electron chi connectivity index (χ3n) is 2.58. The molecule has 0 bridgehead atoms. The van der Waals surface area contributed by atoms with Crippen LogP contribution in [0, 0.1) is 0 Å². The van der Waals surface area contributed by atoms with E-state index < -0.39 is 7.12 Å². The van der Waals surface area contributed by atoms with Gasteiger partial charge in [-0.15, -0.1) is 0 Å². The Hall–Kier alpha value is -1.06. The summed E-state index contributed by atoms with van der Waals surface area (Å²) in [5.74, 6) is 1.37. The van der Waals surface area contributed by atoms with Crippen molar-refractivity contribution >= 4 is 13.2 Å². The quantitative estimate of drug-likeness (QED) is 0.684. The molecule has 0 radical (unpaired) electrons. The van der Waals surface area contributed by atoms with Crippen molar-refractivity contribution < 1.29 is 10.0 Å². The van der Waals surface area contributed by atoms with E-state index in [9.17, 15) is 0 Å². The molecule has 0 saturated heterocycles. The highest BCUT2D eigenvalue weighted by molar-refractivity contribution is 6.48. The highest BCUT2D eigenvalue weighted by Gasteiger charge is 2.09. The Labute approximate surface area is 84.0 Å². The molecular formula is C11H13BO2. The van der Waals surface area contributed by atoms with Gasteiger partial charge in [0.1, 0.15) is 0 Å². The Morgan fingerprint density at radius 2 is 1.93 bits per heavy atom. The minimum atomic E-state index is -1.36. The predicted octanol–water partition coefficient (Wildman–Crippen LogP) is 1.20. The molecule has 2 N–H and O–H groups in total. The number of fused-ring (bicyclic) bond motifs is 1. The molecule has 0 unspecified atom stereocenters. The average molecular weight is 188 g/mol. The van der Waals surface area contributed by atoms with Gasteiger partial charge in [-0.2, -0.15) is 0 Å². The van der Waals surface area contributed by atoms with Crippen molar-refractivity contribution in [3.8, 4) is 0 Å². The van der Waals surface area contributed by atoms with Crippen molar-refractivity contribution in [1.82, 2.24) is 0 Å². The molecule has 0 atom stereocenters. The lowest BCUT2D eigenvalue weighted by Crippen LogP contribution is -2.05. The summed E-state index contributed by atoms with van der Waals surface area (Å²) >= 11 is 0. The molecule has 1 aromatic carbocycles. The van der Waals surface area contributed by atoms with Gasteiger partial charge in [0, 0.05) is 0 Å². The van der Waals surface area contributed by atoms with Crippen LogP contribution in [0.5, 0.6) is 0 Å². The Morgan fingerprint density at radius 1 is 1.14 bits per heavy atom. The van der Waals surface area contributed by atoms with Crippen LogP contribution >= 0.6 is 0 Å². The van der Waals surface area contributed by atoms with E-state index in [4.69, 9.17) is 10.0 Å². The van der Waals surface area contributed by atoms with Crippen LogP contribution < -0.4 is 0 Å². The minimum absolute atomic E-state index is 1.04. The standard InChI is InChI=1S/C11H13BO2/c13-12(14)7-6-9-4-5-10-2-1-3-11(10)8-9/h4-8,13-14H,1-3H2/b7-6+. The molecule has 1 aliphatic rings. The molecule has 1 aromatic rings. The van der Waals surface area contributed by atoms with Crippen LogP contribution in [0.4, 0.5) is 0 Å². The molecule has 0 heterocycles. The van der Waals surface area contributed by atoms with Crippen LogP contribution in [0.3, 0.4) is 0 Å². The smallest absolute Gasteiger partial charge is 0.424 e. The molecule has 0 aliphatic heterocycles. The van der Waals surface area contributed by atoms with Crippen molar-refractivity contribution in [2.24, 2.45) is 0 Å². The Balaban J connectivity index is 2.20. The topological polar surface area (TPSA) is 40.5 Å². The van der Waals surface area contributed by atoms with E-state index in [1.54, 1.807) is 6.08 Å². The van der Waals surface area contributed by atoms with E-state index in [-0.39, 0.29) is 0 Å². The van der Waals surface area contributed by atoms with E-state index >= 15 is 0 Å². The van der Waals surface area contributed by atoms with Gasteiger partial charge in [-0.1, -0.05) is 30.3 Å². The number of benzene rings is 1. The fourth-order valence-corrected chi connectivity index (χ4v) is 1.89. The third kappa shape index (κ3) is 2.06. The monoisotopic (exact) mass is 188 g/mol. The van der Waals surface area contributed by atoms with Crippen LogP contribution in [0.25, 0.3) is 6.08 Å². The van der Waals surface area contributed by atoms with E-state index in [2.05, 4.69) is 12.1 Å². The van der Waals surface area contributed by atoms with Crippen molar-refractivity contribution in [3.63, 3.8) is 0 Å². The Bertz CT molecular complexity index is 358. The molecule has 2 nitrogen and oxygen atoms in total. The number of aryl methyl sites for hydroxylation is 2. The van der Waals surface area contributed by atoms with Gasteiger partial charge in [0.05, 0.1) is 0 Å². The van der Waals surface area contributed by atoms with E-state index in [0.29, 0.717) is 0 Å². The highest BCUT2D eigenvalue weighted by atomic mass is 16.4. The summed E-state index contributed by atoms with van der Waals surface area (Å²) in [6, 6.07) is 6.27. The minimum Gasteiger partial charge on any atom is -0.424 e. The van der Waals surface area contributed by atoms with E-state index in [1.165, 1.54) is 29.9 Å². The number of hydrogen-bond acceptors (Lipinski definition) is 2. The fourth-order valence-electron chi connectivity index (χ4n) is 1.89. The largest absolute Gasteiger partial charge is 0.480 e. The molecule has 1 aliphatic carbocycles. The molecule has 0 saturated carbocycles. The van der Waals surface area contributed by atoms with Gasteiger partial charge in [-0.25, -0.2) is 0 Å². The van der Waals surface area contributed by atoms with Crippen LogP contribution in [0.15, 0.2) is 24.2 Å². The van der Waals surface area contributed by atoms with Gasteiger partial charge in [-0.3, -0.25) is 0 Å². The van der Waals surface area contributed by atoms with E-state index in [0.717, 1.165) is 12.0 Å². The zero-order chi connectivity index (χ0) is 9.97. The van der Waals surface area contributed by atoms with Gasteiger partial charge in [-0.05, 0) is 36.0 Å². The van der Waals surface area contributed by atoms with Crippen molar-refractivity contribution in [2.45, 2.75) is 19.3 Å². The summed E-state index contributed by atoms with van der Waals surface area (Å²) in [4.78, 5) is 0. The summed E-state index contributed by atoms with van der Waals surface area (Å²) in [7, 11) is -1.36. The number of hydrogen-bond donors (Lipinski definition) is 2. The summed E-state index contributed by atoms with van der Waals surface area (Å²) in [5, 5.41) is 17.4. The molecule has 2 rings (SSSR count). The van der Waals surface area contributed by atoms with Gasteiger partial charge in [0.25, 0.3) is 0 Å². The van der Waals surface area contributed by atoms with E-state index in [1.807, 2.05) is 6.07 Å². The normalized spacial score (nSPS) is 14.7. The van der Waals surface area contributed by atoms with Crippen LogP contribution in [0.2, 0.25) is 0 Å². The third-order valence-corrected chi connectivity index (χ3v) is 2.58. The second kappa shape index (κ2) is 3.99. The first-order valence-corrected chi connectivity index (χ1v) is 4.92. The second-order valence-corrected chi connectivity index (χ2v) is 3.65. The summed E-state index contributed by atoms with van der Waals surface area (Å²) in [6.07, 6.45) is 5.31. The summed E-state index contributed by atoms with van der Waals surface area (Å²) < 4.78 is 0. The maximum atomic E-state index is 8.68. The zero-order valence-electron chi connectivity index (χ0n) is 7.98. The lowest BCUT2D eigenvalue weighted by atomic mass is 9.90. The average Bonchev–Trinajstić information content (AvgIpc) is 2.61. The lowest BCUT2D eigenvalue weighted by molar-refractivity contribution is 0.424. The summed E-state index contributed by atoms with van der Waals surface area (Å²) in [5.41, 5.74) is 3.88. The first-order valence-electron chi connectivity index (χ1n) is 4.92. The molecule has 0 fully saturated rings. The molecular weight excluding hydrogens is 175 g/mol. The van der Waals surface area contributed by atoms with Crippen molar-refractivity contribution in [2.75, 3.05) is 0 Å². The Kier molecular flexibility index (Phi) is 2.70. The van der Waals surface area contributed by atoms with Crippen molar-refractivity contribution in [3.05, 3.63) is 40.9 Å². The SMILES string of the molecule is OB(O)/C=C/c1ccc2c(c1)CCC2. The molecule has 0 amide bonds. The highest BCUT2D eigenvalue weighted by Crippen LogP contribution is 2.23. The van der Waals surface area contributed by atoms with Gasteiger partial charge in [0.2, 0.25) is 0 Å². The summed E-state index contributed by atoms with van der Waals surface area (Å²) in [6.45, 7) is 0. The molecule has 0 aromatic heterocycles. The van der Waals surface area contributed by atoms with Gasteiger partial charge < -0.3 is 10.0 Å². The van der Waals surface area contributed by atoms with Crippen LogP contribution in [-0.2, 0) is 12.8 Å². The maximum Gasteiger partial charge on any atom is 0.480 e. The first-order chi connectivity index (χ1) is 6.75. The maximum absolute atomic E-state index is 8.68. The van der Waals surface area contributed by atoms with Crippen LogP contribution in [-0.4, -0.2) is 17.2 Å². The van der Waals surface area contributed by atoms with Gasteiger partial charge in [0.15, 0.2) is 0 Å². The zero-order valence-corrected chi connectivity index (χ0v) is 7.98. The van der Waals surface area contributed by atoms with Gasteiger partial charge >= 0.3 is 7.12 Å². The molecule has 3 heteroatoms. The fraction of sp³-hybridized carbons (Fsp3) is 0.273. The van der Waals surface area contributed by atoms with Crippen LogP contribution in [0.1, 0.15) is 23.1 Å². The Morgan fingerprint density at radius 3 is 2.71 bits per heavy atom. The molecule has 72 valence electrons. The second-order valence-electron chi connectivity index (χ2n) is 3.65. The number of rotatable bonds is 2. The first kappa shape index (κ1) is 9.50. The molecule has 14 heavy (non-hydrogen) atoms. The van der Waals surface area contributed by atoms with Crippen molar-refractivity contribution in [1.29, 1.82) is 0 Å². The molecule has 0 spiro atoms.